The fraction of sp³-hybridized carbons (Fsp3) is 0.889. The molecule has 1 unspecified atom stereocenters. The van der Waals surface area contributed by atoms with Gasteiger partial charge in [0.1, 0.15) is 0 Å². The van der Waals surface area contributed by atoms with Crippen LogP contribution in [0, 0.1) is 17.8 Å². The number of hydrogen-bond donors (Lipinski definition) is 0. The molecule has 0 saturated heterocycles. The normalized spacial score (nSPS) is 37.7. The van der Waals surface area contributed by atoms with Crippen LogP contribution in [0.2, 0.25) is 0 Å². The van der Waals surface area contributed by atoms with E-state index in [9.17, 15) is 0 Å². The van der Waals surface area contributed by atoms with Crippen molar-refractivity contribution in [2.45, 2.75) is 39.0 Å². The van der Waals surface area contributed by atoms with E-state index in [0.717, 1.165) is 11.3 Å². The van der Waals surface area contributed by atoms with Gasteiger partial charge in [0.2, 0.25) is 0 Å². The lowest BCUT2D eigenvalue weighted by atomic mass is 10.0. The van der Waals surface area contributed by atoms with Crippen molar-refractivity contribution in [2.24, 2.45) is 11.3 Å². The Balaban J connectivity index is 1.97. The molecule has 0 heteroatoms. The first kappa shape index (κ1) is 5.76. The van der Waals surface area contributed by atoms with Gasteiger partial charge in [0.05, 0.1) is 0 Å². The molecule has 2 rings (SSSR count). The molecule has 9 heavy (non-hydrogen) atoms. The molecular formula is C9H15. The molecule has 2 aliphatic rings. The second-order valence-electron chi connectivity index (χ2n) is 3.71. The summed E-state index contributed by atoms with van der Waals surface area (Å²) >= 11 is 0. The molecule has 2 fully saturated rings. The topological polar surface area (TPSA) is 0 Å². The predicted octanol–water partition coefficient (Wildman–Crippen LogP) is 2.79. The van der Waals surface area contributed by atoms with E-state index in [-0.39, 0.29) is 0 Å². The van der Waals surface area contributed by atoms with Crippen molar-refractivity contribution in [1.82, 2.24) is 0 Å². The molecule has 51 valence electrons. The molecule has 1 radical (unpaired) electrons. The van der Waals surface area contributed by atoms with Gasteiger partial charge in [-0.25, -0.2) is 0 Å². The maximum Gasteiger partial charge on any atom is -0.0263 e. The first-order valence-electron chi connectivity index (χ1n) is 4.17. The lowest BCUT2D eigenvalue weighted by Crippen LogP contribution is -1.94. The third kappa shape index (κ3) is 0.720. The van der Waals surface area contributed by atoms with Crippen LogP contribution in [0.4, 0.5) is 0 Å². The van der Waals surface area contributed by atoms with Crippen molar-refractivity contribution in [3.05, 3.63) is 6.42 Å². The summed E-state index contributed by atoms with van der Waals surface area (Å²) in [6, 6.07) is 0. The van der Waals surface area contributed by atoms with E-state index in [2.05, 4.69) is 13.3 Å². The zero-order chi connectivity index (χ0) is 6.32. The Kier molecular flexibility index (Phi) is 1.12. The number of rotatable bonds is 1. The van der Waals surface area contributed by atoms with Gasteiger partial charge in [-0.05, 0) is 37.0 Å². The van der Waals surface area contributed by atoms with Gasteiger partial charge in [0.25, 0.3) is 0 Å². The van der Waals surface area contributed by atoms with Gasteiger partial charge < -0.3 is 0 Å². The molecule has 0 aromatic carbocycles. The molecule has 1 atom stereocenters. The summed E-state index contributed by atoms with van der Waals surface area (Å²) in [6.45, 7) is 2.22. The summed E-state index contributed by atoms with van der Waals surface area (Å²) in [5, 5.41) is 0. The lowest BCUT2D eigenvalue weighted by Gasteiger charge is -2.04. The highest BCUT2D eigenvalue weighted by molar-refractivity contribution is 5.08. The Labute approximate surface area is 57.6 Å². The van der Waals surface area contributed by atoms with Crippen LogP contribution in [-0.4, -0.2) is 0 Å². The monoisotopic (exact) mass is 123 g/mol. The van der Waals surface area contributed by atoms with E-state index in [1.807, 2.05) is 0 Å². The molecule has 0 aromatic heterocycles. The van der Waals surface area contributed by atoms with Crippen LogP contribution in [0.15, 0.2) is 0 Å². The van der Waals surface area contributed by atoms with E-state index in [4.69, 9.17) is 0 Å². The zero-order valence-electron chi connectivity index (χ0n) is 6.19. The Morgan fingerprint density at radius 1 is 1.33 bits per heavy atom. The minimum atomic E-state index is 0.856. The molecule has 0 bridgehead atoms. The second-order valence-corrected chi connectivity index (χ2v) is 3.71. The van der Waals surface area contributed by atoms with Gasteiger partial charge in [-0.2, -0.15) is 0 Å². The van der Waals surface area contributed by atoms with Gasteiger partial charge in [-0.1, -0.05) is 19.8 Å². The van der Waals surface area contributed by atoms with E-state index < -0.39 is 0 Å². The molecular weight excluding hydrogens is 108 g/mol. The van der Waals surface area contributed by atoms with Crippen LogP contribution >= 0.6 is 0 Å². The van der Waals surface area contributed by atoms with Gasteiger partial charge in [0, 0.05) is 0 Å². The van der Waals surface area contributed by atoms with Crippen LogP contribution < -0.4 is 0 Å². The highest BCUT2D eigenvalue weighted by atomic mass is 14.6. The predicted molar refractivity (Wildman–Crippen MR) is 39.0 cm³/mol. The van der Waals surface area contributed by atoms with Gasteiger partial charge in [-0.3, -0.25) is 0 Å². The molecule has 0 aromatic rings. The minimum absolute atomic E-state index is 0.856. The van der Waals surface area contributed by atoms with Crippen LogP contribution in [0.3, 0.4) is 0 Å². The largest absolute Gasteiger partial charge is 0.0620 e. The maximum absolute atomic E-state index is 2.41. The third-order valence-electron chi connectivity index (χ3n) is 3.25. The highest BCUT2D eigenvalue weighted by Gasteiger charge is 2.53. The minimum Gasteiger partial charge on any atom is -0.0620 e. The van der Waals surface area contributed by atoms with Crippen molar-refractivity contribution in [3.63, 3.8) is 0 Å². The smallest absolute Gasteiger partial charge is 0.0263 e. The molecule has 2 saturated carbocycles. The second kappa shape index (κ2) is 1.74. The van der Waals surface area contributed by atoms with E-state index in [1.54, 1.807) is 0 Å². The van der Waals surface area contributed by atoms with Crippen LogP contribution in [-0.2, 0) is 0 Å². The summed E-state index contributed by atoms with van der Waals surface area (Å²) in [6.07, 6.45) is 9.99. The first-order valence-corrected chi connectivity index (χ1v) is 4.17. The van der Waals surface area contributed by atoms with Gasteiger partial charge >= 0.3 is 0 Å². The quantitative estimate of drug-likeness (QED) is 0.503. The van der Waals surface area contributed by atoms with E-state index >= 15 is 0 Å². The summed E-state index contributed by atoms with van der Waals surface area (Å²) in [5.41, 5.74) is 0.856. The van der Waals surface area contributed by atoms with Crippen molar-refractivity contribution >= 4 is 0 Å². The van der Waals surface area contributed by atoms with Crippen molar-refractivity contribution in [3.8, 4) is 0 Å². The van der Waals surface area contributed by atoms with Crippen molar-refractivity contribution < 1.29 is 0 Å². The molecule has 0 amide bonds. The lowest BCUT2D eigenvalue weighted by molar-refractivity contribution is 0.493. The Bertz CT molecular complexity index is 109. The molecule has 1 spiro atoms. The van der Waals surface area contributed by atoms with E-state index in [0.29, 0.717) is 0 Å². The molecule has 0 heterocycles. The Morgan fingerprint density at radius 2 is 2.00 bits per heavy atom. The fourth-order valence-corrected chi connectivity index (χ4v) is 2.50. The van der Waals surface area contributed by atoms with Crippen molar-refractivity contribution in [2.75, 3.05) is 0 Å². The molecule has 0 aliphatic heterocycles. The molecule has 0 N–H and O–H groups in total. The number of hydrogen-bond acceptors (Lipinski definition) is 0. The van der Waals surface area contributed by atoms with Crippen LogP contribution in [0.5, 0.6) is 0 Å². The summed E-state index contributed by atoms with van der Waals surface area (Å²) in [4.78, 5) is 0. The maximum atomic E-state index is 2.41. The van der Waals surface area contributed by atoms with Gasteiger partial charge in [0.15, 0.2) is 0 Å². The average molecular weight is 123 g/mol. The average Bonchev–Trinajstić information content (AvgIpc) is 2.30. The van der Waals surface area contributed by atoms with Crippen LogP contribution in [0.1, 0.15) is 39.0 Å². The summed E-state index contributed by atoms with van der Waals surface area (Å²) < 4.78 is 0. The van der Waals surface area contributed by atoms with Gasteiger partial charge in [-0.15, -0.1) is 0 Å². The standard InChI is InChI=1S/C9H15/c1-2-8-7-9(8)5-3-4-6-9/h2,8H,3-7H2,1H3. The van der Waals surface area contributed by atoms with Crippen molar-refractivity contribution in [1.29, 1.82) is 0 Å². The zero-order valence-corrected chi connectivity index (χ0v) is 6.19. The molecule has 2 aliphatic carbocycles. The summed E-state index contributed by atoms with van der Waals surface area (Å²) in [7, 11) is 0. The Morgan fingerprint density at radius 3 is 2.44 bits per heavy atom. The van der Waals surface area contributed by atoms with Crippen LogP contribution in [0.25, 0.3) is 0 Å². The Hall–Kier alpha value is 0. The fourth-order valence-electron chi connectivity index (χ4n) is 2.50. The third-order valence-corrected chi connectivity index (χ3v) is 3.25. The first-order chi connectivity index (χ1) is 4.37. The summed E-state index contributed by atoms with van der Waals surface area (Å²) in [5.74, 6) is 1.01. The van der Waals surface area contributed by atoms with E-state index in [1.165, 1.54) is 32.1 Å². The molecule has 0 nitrogen and oxygen atoms in total. The highest BCUT2D eigenvalue weighted by Crippen LogP contribution is 2.63. The SMILES string of the molecule is C[CH]C1CC12CCCC2.